The molecule has 2 aromatic carbocycles. The quantitative estimate of drug-likeness (QED) is 0.800. The molecule has 1 amide bonds. The van der Waals surface area contributed by atoms with Crippen LogP contribution in [0.2, 0.25) is 0 Å². The molecule has 0 unspecified atom stereocenters. The third kappa shape index (κ3) is 2.56. The number of benzene rings is 2. The molecule has 1 aromatic heterocycles. The van der Waals surface area contributed by atoms with Crippen molar-refractivity contribution in [1.29, 1.82) is 0 Å². The van der Waals surface area contributed by atoms with E-state index >= 15 is 0 Å². The Labute approximate surface area is 138 Å². The van der Waals surface area contributed by atoms with E-state index in [1.807, 2.05) is 24.3 Å². The van der Waals surface area contributed by atoms with Crippen LogP contribution in [-0.4, -0.2) is 22.4 Å². The minimum atomic E-state index is -0.374. The molecule has 1 N–H and O–H groups in total. The average Bonchev–Trinajstić information content (AvgIpc) is 3.03. The molecule has 0 atom stereocenters. The van der Waals surface area contributed by atoms with Gasteiger partial charge in [-0.1, -0.05) is 6.07 Å². The van der Waals surface area contributed by atoms with Gasteiger partial charge < -0.3 is 10.2 Å². The monoisotopic (exact) mass is 322 g/mol. The molecule has 6 heteroatoms. The standard InChI is InChI=1S/C18H15FN4O/c19-15-4-1-3-14-17(15)20-11-21-18(14)22-12-6-8-13(9-7-12)23-10-2-5-16(23)24/h1,3-4,6-9,11H,2,5,10H2,(H,20,21,22). The van der Waals surface area contributed by atoms with E-state index in [-0.39, 0.29) is 17.2 Å². The number of carbonyl (C=O) groups is 1. The van der Waals surface area contributed by atoms with Crippen LogP contribution in [0.15, 0.2) is 48.8 Å². The molecule has 1 fully saturated rings. The summed E-state index contributed by atoms with van der Waals surface area (Å²) in [7, 11) is 0. The average molecular weight is 322 g/mol. The molecule has 2 heterocycles. The third-order valence-electron chi connectivity index (χ3n) is 4.13. The largest absolute Gasteiger partial charge is 0.340 e. The summed E-state index contributed by atoms with van der Waals surface area (Å²) in [5.74, 6) is 0.332. The molecule has 0 bridgehead atoms. The normalized spacial score (nSPS) is 14.4. The summed E-state index contributed by atoms with van der Waals surface area (Å²) in [4.78, 5) is 21.8. The fraction of sp³-hybridized carbons (Fsp3) is 0.167. The maximum atomic E-state index is 13.8. The Bertz CT molecular complexity index is 911. The fourth-order valence-electron chi connectivity index (χ4n) is 2.93. The van der Waals surface area contributed by atoms with E-state index in [0.29, 0.717) is 17.6 Å². The van der Waals surface area contributed by atoms with Crippen molar-refractivity contribution in [3.8, 4) is 0 Å². The summed E-state index contributed by atoms with van der Waals surface area (Å²) < 4.78 is 13.8. The van der Waals surface area contributed by atoms with Crippen LogP contribution in [0.1, 0.15) is 12.8 Å². The second kappa shape index (κ2) is 5.88. The van der Waals surface area contributed by atoms with Crippen LogP contribution < -0.4 is 10.2 Å². The van der Waals surface area contributed by atoms with Crippen molar-refractivity contribution in [2.75, 3.05) is 16.8 Å². The number of para-hydroxylation sites is 1. The summed E-state index contributed by atoms with van der Waals surface area (Å²) in [5.41, 5.74) is 1.99. The second-order valence-electron chi connectivity index (χ2n) is 5.68. The summed E-state index contributed by atoms with van der Waals surface area (Å²) in [6, 6.07) is 12.3. The van der Waals surface area contributed by atoms with Crippen molar-refractivity contribution in [1.82, 2.24) is 9.97 Å². The number of hydrogen-bond donors (Lipinski definition) is 1. The third-order valence-corrected chi connectivity index (χ3v) is 4.13. The van der Waals surface area contributed by atoms with Crippen LogP contribution in [0, 0.1) is 5.82 Å². The highest BCUT2D eigenvalue weighted by molar-refractivity contribution is 5.95. The molecule has 24 heavy (non-hydrogen) atoms. The van der Waals surface area contributed by atoms with Crippen molar-refractivity contribution in [2.24, 2.45) is 0 Å². The van der Waals surface area contributed by atoms with Crippen LogP contribution >= 0.6 is 0 Å². The van der Waals surface area contributed by atoms with E-state index < -0.39 is 0 Å². The Morgan fingerprint density at radius 3 is 2.67 bits per heavy atom. The van der Waals surface area contributed by atoms with Crippen molar-refractivity contribution in [2.45, 2.75) is 12.8 Å². The van der Waals surface area contributed by atoms with Gasteiger partial charge in [-0.15, -0.1) is 0 Å². The van der Waals surface area contributed by atoms with E-state index in [1.165, 1.54) is 12.4 Å². The number of anilines is 3. The topological polar surface area (TPSA) is 58.1 Å². The molecular formula is C18H15FN4O. The number of nitrogens with one attached hydrogen (secondary N) is 1. The zero-order valence-corrected chi connectivity index (χ0v) is 12.9. The maximum Gasteiger partial charge on any atom is 0.227 e. The van der Waals surface area contributed by atoms with Gasteiger partial charge in [0.05, 0.1) is 0 Å². The van der Waals surface area contributed by atoms with Gasteiger partial charge in [0.15, 0.2) is 0 Å². The van der Waals surface area contributed by atoms with Gasteiger partial charge in [0.2, 0.25) is 5.91 Å². The molecule has 0 aliphatic carbocycles. The number of aromatic nitrogens is 2. The molecule has 0 radical (unpaired) electrons. The van der Waals surface area contributed by atoms with Gasteiger partial charge in [0.1, 0.15) is 23.5 Å². The molecular weight excluding hydrogens is 307 g/mol. The van der Waals surface area contributed by atoms with Gasteiger partial charge in [-0.25, -0.2) is 14.4 Å². The zero-order chi connectivity index (χ0) is 16.5. The van der Waals surface area contributed by atoms with Crippen LogP contribution in [0.3, 0.4) is 0 Å². The number of nitrogens with zero attached hydrogens (tertiary/aromatic N) is 3. The SMILES string of the molecule is O=C1CCCN1c1ccc(Nc2ncnc3c(F)cccc23)cc1. The van der Waals surface area contributed by atoms with Crippen molar-refractivity contribution in [3.05, 3.63) is 54.6 Å². The minimum Gasteiger partial charge on any atom is -0.340 e. The highest BCUT2D eigenvalue weighted by Crippen LogP contribution is 2.27. The maximum absolute atomic E-state index is 13.8. The Kier molecular flexibility index (Phi) is 3.57. The Balaban J connectivity index is 1.62. The lowest BCUT2D eigenvalue weighted by Crippen LogP contribution is -2.23. The first-order chi connectivity index (χ1) is 11.7. The highest BCUT2D eigenvalue weighted by Gasteiger charge is 2.21. The van der Waals surface area contributed by atoms with Crippen molar-refractivity contribution >= 4 is 34.0 Å². The minimum absolute atomic E-state index is 0.160. The lowest BCUT2D eigenvalue weighted by atomic mass is 10.2. The number of hydrogen-bond acceptors (Lipinski definition) is 4. The number of fused-ring (bicyclic) bond motifs is 1. The summed E-state index contributed by atoms with van der Waals surface area (Å²) in [5, 5.41) is 3.80. The Hall–Kier alpha value is -3.02. The summed E-state index contributed by atoms with van der Waals surface area (Å²) in [6.07, 6.45) is 2.85. The van der Waals surface area contributed by atoms with Gasteiger partial charge in [-0.05, 0) is 42.8 Å². The molecule has 1 aliphatic heterocycles. The van der Waals surface area contributed by atoms with Crippen LogP contribution in [0.25, 0.3) is 10.9 Å². The molecule has 120 valence electrons. The van der Waals surface area contributed by atoms with Crippen molar-refractivity contribution in [3.63, 3.8) is 0 Å². The molecule has 0 spiro atoms. The van der Waals surface area contributed by atoms with Gasteiger partial charge in [-0.3, -0.25) is 4.79 Å². The smallest absolute Gasteiger partial charge is 0.227 e. The van der Waals surface area contributed by atoms with Gasteiger partial charge >= 0.3 is 0 Å². The lowest BCUT2D eigenvalue weighted by Gasteiger charge is -2.16. The van der Waals surface area contributed by atoms with Crippen LogP contribution in [0.5, 0.6) is 0 Å². The Morgan fingerprint density at radius 2 is 1.92 bits per heavy atom. The Morgan fingerprint density at radius 1 is 1.08 bits per heavy atom. The number of amides is 1. The summed E-state index contributed by atoms with van der Waals surface area (Å²) in [6.45, 7) is 0.765. The molecule has 5 nitrogen and oxygen atoms in total. The molecule has 1 aliphatic rings. The lowest BCUT2D eigenvalue weighted by molar-refractivity contribution is -0.117. The number of rotatable bonds is 3. The summed E-state index contributed by atoms with van der Waals surface area (Å²) >= 11 is 0. The van der Waals surface area contributed by atoms with Gasteiger partial charge in [0, 0.05) is 29.7 Å². The second-order valence-corrected chi connectivity index (χ2v) is 5.68. The first kappa shape index (κ1) is 14.6. The van der Waals surface area contributed by atoms with Gasteiger partial charge in [0.25, 0.3) is 0 Å². The first-order valence-electron chi connectivity index (χ1n) is 7.79. The van der Waals surface area contributed by atoms with E-state index in [4.69, 9.17) is 0 Å². The number of carbonyl (C=O) groups excluding carboxylic acids is 1. The van der Waals surface area contributed by atoms with E-state index in [0.717, 1.165) is 24.3 Å². The molecule has 3 aromatic rings. The van der Waals surface area contributed by atoms with E-state index in [1.54, 1.807) is 17.0 Å². The predicted molar refractivity (Wildman–Crippen MR) is 90.8 cm³/mol. The zero-order valence-electron chi connectivity index (χ0n) is 12.9. The van der Waals surface area contributed by atoms with Crippen LogP contribution in [-0.2, 0) is 4.79 Å². The molecule has 4 rings (SSSR count). The first-order valence-corrected chi connectivity index (χ1v) is 7.79. The highest BCUT2D eigenvalue weighted by atomic mass is 19.1. The molecule has 1 saturated heterocycles. The van der Waals surface area contributed by atoms with E-state index in [2.05, 4.69) is 15.3 Å². The number of halogens is 1. The molecule has 0 saturated carbocycles. The van der Waals surface area contributed by atoms with Crippen molar-refractivity contribution < 1.29 is 9.18 Å². The van der Waals surface area contributed by atoms with Gasteiger partial charge in [-0.2, -0.15) is 0 Å². The van der Waals surface area contributed by atoms with E-state index in [9.17, 15) is 9.18 Å². The fourth-order valence-corrected chi connectivity index (χ4v) is 2.93. The predicted octanol–water partition coefficient (Wildman–Crippen LogP) is 3.64. The van der Waals surface area contributed by atoms with Crippen LogP contribution in [0.4, 0.5) is 21.6 Å².